The molecule has 0 bridgehead atoms. The Morgan fingerprint density at radius 2 is 1.60 bits per heavy atom. The van der Waals surface area contributed by atoms with Gasteiger partial charge in [-0.15, -0.1) is 0 Å². The fraction of sp³-hybridized carbons (Fsp3) is 0.263. The van der Waals surface area contributed by atoms with Crippen LogP contribution < -0.4 is 10.6 Å². The van der Waals surface area contributed by atoms with Gasteiger partial charge in [0.1, 0.15) is 11.8 Å². The number of amides is 2. The second-order valence-corrected chi connectivity index (χ2v) is 6.44. The summed E-state index contributed by atoms with van der Waals surface area (Å²) in [6, 6.07) is 7.56. The van der Waals surface area contributed by atoms with Gasteiger partial charge < -0.3 is 15.7 Å². The average Bonchev–Trinajstić information content (AvgIpc) is 2.72. The predicted octanol–water partition coefficient (Wildman–Crippen LogP) is 2.08. The van der Waals surface area contributed by atoms with Crippen molar-refractivity contribution in [3.8, 4) is 5.75 Å². The maximum Gasteiger partial charge on any atom is 0.277 e. The van der Waals surface area contributed by atoms with Crippen molar-refractivity contribution in [2.75, 3.05) is 6.54 Å². The number of phenols is 1. The zero-order valence-corrected chi connectivity index (χ0v) is 16.0. The van der Waals surface area contributed by atoms with Gasteiger partial charge >= 0.3 is 0 Å². The number of phenolic OH excluding ortho intramolecular Hbond substituents is 1. The van der Waals surface area contributed by atoms with Gasteiger partial charge in [-0.1, -0.05) is 19.1 Å². The number of hydrogen-bond donors (Lipinski definition) is 3. The molecule has 158 valence electrons. The highest BCUT2D eigenvalue weighted by Crippen LogP contribution is 2.23. The molecule has 3 N–H and O–H groups in total. The van der Waals surface area contributed by atoms with Crippen LogP contribution in [0.5, 0.6) is 5.75 Å². The predicted molar refractivity (Wildman–Crippen MR) is 106 cm³/mol. The number of non-ortho nitro benzene ring substituents is 2. The molecule has 0 unspecified atom stereocenters. The Morgan fingerprint density at radius 1 is 1.03 bits per heavy atom. The number of benzene rings is 2. The molecule has 0 heterocycles. The summed E-state index contributed by atoms with van der Waals surface area (Å²) in [5.74, 6) is -1.30. The monoisotopic (exact) mass is 416 g/mol. The Morgan fingerprint density at radius 3 is 2.10 bits per heavy atom. The highest BCUT2D eigenvalue weighted by molar-refractivity contribution is 5.98. The average molecular weight is 416 g/mol. The lowest BCUT2D eigenvalue weighted by atomic mass is 10.0. The summed E-state index contributed by atoms with van der Waals surface area (Å²) in [5.41, 5.74) is -0.885. The summed E-state index contributed by atoms with van der Waals surface area (Å²) in [4.78, 5) is 45.5. The Balaban J connectivity index is 2.30. The van der Waals surface area contributed by atoms with Gasteiger partial charge in [0.05, 0.1) is 21.5 Å². The number of nitrogens with one attached hydrogen (secondary N) is 2. The van der Waals surface area contributed by atoms with Crippen molar-refractivity contribution in [3.63, 3.8) is 0 Å². The highest BCUT2D eigenvalue weighted by Gasteiger charge is 2.25. The maximum atomic E-state index is 12.7. The summed E-state index contributed by atoms with van der Waals surface area (Å²) in [5, 5.41) is 36.6. The van der Waals surface area contributed by atoms with Crippen molar-refractivity contribution >= 4 is 23.2 Å². The van der Waals surface area contributed by atoms with Gasteiger partial charge in [0, 0.05) is 25.1 Å². The van der Waals surface area contributed by atoms with E-state index in [9.17, 15) is 34.9 Å². The van der Waals surface area contributed by atoms with Crippen LogP contribution in [0.3, 0.4) is 0 Å². The van der Waals surface area contributed by atoms with Crippen molar-refractivity contribution < 1.29 is 24.5 Å². The van der Waals surface area contributed by atoms with E-state index in [0.717, 1.165) is 18.2 Å². The Hall–Kier alpha value is -4.02. The van der Waals surface area contributed by atoms with Gasteiger partial charge in [-0.25, -0.2) is 0 Å². The SMILES string of the molecule is CCCNC(=O)[C@@H](Cc1ccc(O)cc1)NC(=O)c1cc([N+](=O)[O-])cc([N+](=O)[O-])c1. The van der Waals surface area contributed by atoms with E-state index >= 15 is 0 Å². The van der Waals surface area contributed by atoms with E-state index in [1.54, 1.807) is 12.1 Å². The summed E-state index contributed by atoms with van der Waals surface area (Å²) in [6.45, 7) is 2.24. The number of carbonyl (C=O) groups excluding carboxylic acids is 2. The second-order valence-electron chi connectivity index (χ2n) is 6.44. The zero-order valence-electron chi connectivity index (χ0n) is 16.0. The molecule has 0 saturated heterocycles. The minimum Gasteiger partial charge on any atom is -0.508 e. The summed E-state index contributed by atoms with van der Waals surface area (Å²) < 4.78 is 0. The van der Waals surface area contributed by atoms with E-state index in [2.05, 4.69) is 10.6 Å². The molecule has 11 heteroatoms. The van der Waals surface area contributed by atoms with Crippen molar-refractivity contribution in [2.45, 2.75) is 25.8 Å². The molecule has 0 aliphatic carbocycles. The van der Waals surface area contributed by atoms with Crippen molar-refractivity contribution in [3.05, 3.63) is 73.8 Å². The molecule has 0 fully saturated rings. The molecule has 1 atom stereocenters. The standard InChI is InChI=1S/C19H20N4O7/c1-2-7-20-19(26)17(8-12-3-5-16(24)6-4-12)21-18(25)13-9-14(22(27)28)11-15(10-13)23(29)30/h3-6,9-11,17,24H,2,7-8H2,1H3,(H,20,26)(H,21,25)/t17-/m1/s1. The van der Waals surface area contributed by atoms with E-state index in [4.69, 9.17) is 0 Å². The normalized spacial score (nSPS) is 11.4. The summed E-state index contributed by atoms with van der Waals surface area (Å²) in [6.07, 6.45) is 0.751. The number of aromatic hydroxyl groups is 1. The fourth-order valence-corrected chi connectivity index (χ4v) is 2.63. The van der Waals surface area contributed by atoms with Crippen LogP contribution in [-0.2, 0) is 11.2 Å². The van der Waals surface area contributed by atoms with Crippen LogP contribution in [0, 0.1) is 20.2 Å². The number of rotatable bonds is 9. The molecule has 30 heavy (non-hydrogen) atoms. The molecule has 0 aromatic heterocycles. The number of nitrogens with zero attached hydrogens (tertiary/aromatic N) is 2. The lowest BCUT2D eigenvalue weighted by molar-refractivity contribution is -0.394. The van der Waals surface area contributed by atoms with Crippen LogP contribution in [0.4, 0.5) is 11.4 Å². The van der Waals surface area contributed by atoms with Gasteiger partial charge in [0.25, 0.3) is 17.3 Å². The summed E-state index contributed by atoms with van der Waals surface area (Å²) in [7, 11) is 0. The van der Waals surface area contributed by atoms with Gasteiger partial charge in [-0.2, -0.15) is 0 Å². The summed E-state index contributed by atoms with van der Waals surface area (Å²) >= 11 is 0. The zero-order chi connectivity index (χ0) is 22.3. The fourth-order valence-electron chi connectivity index (χ4n) is 2.63. The molecule has 11 nitrogen and oxygen atoms in total. The maximum absolute atomic E-state index is 12.7. The lowest BCUT2D eigenvalue weighted by Gasteiger charge is -2.18. The molecule has 2 amide bonds. The van der Waals surface area contributed by atoms with E-state index in [1.807, 2.05) is 6.92 Å². The van der Waals surface area contributed by atoms with Gasteiger partial charge in [0.15, 0.2) is 0 Å². The Labute approximate surface area is 171 Å². The van der Waals surface area contributed by atoms with Gasteiger partial charge in [0.2, 0.25) is 5.91 Å². The lowest BCUT2D eigenvalue weighted by Crippen LogP contribution is -2.48. The molecule has 0 radical (unpaired) electrons. The molecule has 0 spiro atoms. The highest BCUT2D eigenvalue weighted by atomic mass is 16.6. The number of carbonyl (C=O) groups is 2. The van der Waals surface area contributed by atoms with E-state index in [1.165, 1.54) is 12.1 Å². The minimum atomic E-state index is -1.04. The first-order valence-corrected chi connectivity index (χ1v) is 9.01. The van der Waals surface area contributed by atoms with Crippen LogP contribution in [0.2, 0.25) is 0 Å². The van der Waals surface area contributed by atoms with Crippen LogP contribution >= 0.6 is 0 Å². The Bertz CT molecular complexity index is 928. The first kappa shape index (κ1) is 22.3. The molecule has 2 aromatic rings. The van der Waals surface area contributed by atoms with Crippen LogP contribution in [0.1, 0.15) is 29.3 Å². The van der Waals surface area contributed by atoms with E-state index < -0.39 is 39.1 Å². The van der Waals surface area contributed by atoms with Crippen LogP contribution in [-0.4, -0.2) is 39.4 Å². The largest absolute Gasteiger partial charge is 0.508 e. The molecular formula is C19H20N4O7. The Kier molecular flexibility index (Phi) is 7.39. The van der Waals surface area contributed by atoms with Crippen molar-refractivity contribution in [2.24, 2.45) is 0 Å². The smallest absolute Gasteiger partial charge is 0.277 e. The molecule has 2 rings (SSSR count). The van der Waals surface area contributed by atoms with Gasteiger partial charge in [-0.3, -0.25) is 29.8 Å². The number of nitro groups is 2. The minimum absolute atomic E-state index is 0.0404. The van der Waals surface area contributed by atoms with Crippen molar-refractivity contribution in [1.82, 2.24) is 10.6 Å². The quantitative estimate of drug-likeness (QED) is 0.416. The second kappa shape index (κ2) is 9.96. The van der Waals surface area contributed by atoms with Gasteiger partial charge in [-0.05, 0) is 24.1 Å². The van der Waals surface area contributed by atoms with Crippen LogP contribution in [0.15, 0.2) is 42.5 Å². The number of nitro benzene ring substituents is 2. The third-order valence-electron chi connectivity index (χ3n) is 4.13. The van der Waals surface area contributed by atoms with Crippen molar-refractivity contribution in [1.29, 1.82) is 0 Å². The van der Waals surface area contributed by atoms with E-state index in [-0.39, 0.29) is 17.7 Å². The third-order valence-corrected chi connectivity index (χ3v) is 4.13. The number of hydrogen-bond acceptors (Lipinski definition) is 7. The molecule has 0 aliphatic rings. The third kappa shape index (κ3) is 5.99. The first-order valence-electron chi connectivity index (χ1n) is 9.01. The van der Waals surface area contributed by atoms with E-state index in [0.29, 0.717) is 18.5 Å². The molecular weight excluding hydrogens is 396 g/mol. The first-order chi connectivity index (χ1) is 14.2. The topological polar surface area (TPSA) is 165 Å². The molecule has 0 saturated carbocycles. The molecule has 2 aromatic carbocycles. The van der Waals surface area contributed by atoms with Crippen LogP contribution in [0.25, 0.3) is 0 Å². The molecule has 0 aliphatic heterocycles.